The van der Waals surface area contributed by atoms with Gasteiger partial charge in [0.05, 0.1) is 25.4 Å². The van der Waals surface area contributed by atoms with Gasteiger partial charge in [-0.25, -0.2) is 0 Å². The van der Waals surface area contributed by atoms with Gasteiger partial charge in [0.15, 0.2) is 0 Å². The van der Waals surface area contributed by atoms with E-state index in [1.807, 2.05) is 0 Å². The Morgan fingerprint density at radius 3 is 2.48 bits per heavy atom. The van der Waals surface area contributed by atoms with E-state index in [0.717, 1.165) is 57.3 Å². The molecule has 0 spiro atoms. The lowest BCUT2D eigenvalue weighted by molar-refractivity contribution is 0.114. The number of anilines is 1. The number of hydrogen-bond donors (Lipinski definition) is 1. The summed E-state index contributed by atoms with van der Waals surface area (Å²) in [4.78, 5) is 2.37. The fourth-order valence-electron chi connectivity index (χ4n) is 2.67. The highest BCUT2D eigenvalue weighted by Crippen LogP contribution is 2.33. The first-order valence-electron chi connectivity index (χ1n) is 8.30. The van der Waals surface area contributed by atoms with E-state index in [1.165, 1.54) is 5.56 Å². The molecule has 130 valence electrons. The van der Waals surface area contributed by atoms with Gasteiger partial charge < -0.3 is 19.5 Å². The van der Waals surface area contributed by atoms with Crippen molar-refractivity contribution in [3.63, 3.8) is 0 Å². The summed E-state index contributed by atoms with van der Waals surface area (Å²) in [5, 5.41) is 3.47. The summed E-state index contributed by atoms with van der Waals surface area (Å²) < 4.78 is 16.4. The minimum atomic E-state index is -0.147. The summed E-state index contributed by atoms with van der Waals surface area (Å²) in [6, 6.07) is 6.44. The fraction of sp³-hybridized carbons (Fsp3) is 0.667. The third kappa shape index (κ3) is 5.68. The molecule has 0 bridgehead atoms. The largest absolute Gasteiger partial charge is 0.484 e. The number of ether oxygens (including phenoxy) is 3. The van der Waals surface area contributed by atoms with Crippen LogP contribution in [-0.2, 0) is 15.9 Å². The van der Waals surface area contributed by atoms with Gasteiger partial charge in [0, 0.05) is 33.9 Å². The Kier molecular flexibility index (Phi) is 6.69. The van der Waals surface area contributed by atoms with Crippen molar-refractivity contribution in [1.82, 2.24) is 4.90 Å². The molecule has 0 unspecified atom stereocenters. The van der Waals surface area contributed by atoms with E-state index in [-0.39, 0.29) is 5.60 Å². The molecule has 1 aromatic carbocycles. The summed E-state index contributed by atoms with van der Waals surface area (Å²) in [6.45, 7) is 9.38. The van der Waals surface area contributed by atoms with E-state index >= 15 is 0 Å². The van der Waals surface area contributed by atoms with Gasteiger partial charge in [-0.1, -0.05) is 6.07 Å². The van der Waals surface area contributed by atoms with Crippen LogP contribution in [-0.4, -0.2) is 64.1 Å². The van der Waals surface area contributed by atoms with Gasteiger partial charge in [-0.15, -0.1) is 0 Å². The van der Waals surface area contributed by atoms with E-state index in [2.05, 4.69) is 42.3 Å². The maximum atomic E-state index is 6.00. The van der Waals surface area contributed by atoms with Gasteiger partial charge in [-0.3, -0.25) is 4.90 Å². The van der Waals surface area contributed by atoms with Crippen LogP contribution < -0.4 is 10.1 Å². The Morgan fingerprint density at radius 2 is 1.83 bits per heavy atom. The lowest BCUT2D eigenvalue weighted by atomic mass is 10.0. The van der Waals surface area contributed by atoms with Crippen LogP contribution in [0.1, 0.15) is 19.4 Å². The zero-order valence-corrected chi connectivity index (χ0v) is 14.9. The van der Waals surface area contributed by atoms with Crippen molar-refractivity contribution in [2.45, 2.75) is 25.9 Å². The van der Waals surface area contributed by atoms with E-state index in [1.54, 1.807) is 14.2 Å². The quantitative estimate of drug-likeness (QED) is 0.756. The van der Waals surface area contributed by atoms with Gasteiger partial charge in [0.25, 0.3) is 0 Å². The molecule has 0 atom stereocenters. The molecule has 0 saturated carbocycles. The number of methoxy groups -OCH3 is 2. The highest BCUT2D eigenvalue weighted by atomic mass is 16.5. The second-order valence-corrected chi connectivity index (χ2v) is 6.62. The molecule has 0 radical (unpaired) electrons. The van der Waals surface area contributed by atoms with Crippen LogP contribution in [0.3, 0.4) is 0 Å². The van der Waals surface area contributed by atoms with E-state index in [4.69, 9.17) is 14.2 Å². The first-order valence-corrected chi connectivity index (χ1v) is 8.30. The zero-order valence-electron chi connectivity index (χ0n) is 14.9. The predicted octanol–water partition coefficient (Wildman–Crippen LogP) is 2.41. The first kappa shape index (κ1) is 18.0. The summed E-state index contributed by atoms with van der Waals surface area (Å²) in [5.74, 6) is 0.945. The number of hydrogen-bond acceptors (Lipinski definition) is 5. The summed E-state index contributed by atoms with van der Waals surface area (Å²) in [6.07, 6.45) is 1.01. The third-order valence-corrected chi connectivity index (χ3v) is 4.07. The van der Waals surface area contributed by atoms with Crippen LogP contribution in [0.25, 0.3) is 0 Å². The van der Waals surface area contributed by atoms with Crippen molar-refractivity contribution in [1.29, 1.82) is 0 Å². The number of nitrogens with one attached hydrogen (secondary N) is 1. The zero-order chi connectivity index (χ0) is 16.7. The summed E-state index contributed by atoms with van der Waals surface area (Å²) in [5.41, 5.74) is 2.27. The predicted molar refractivity (Wildman–Crippen MR) is 93.5 cm³/mol. The first-order chi connectivity index (χ1) is 11.0. The van der Waals surface area contributed by atoms with Gasteiger partial charge in [-0.05, 0) is 38.0 Å². The Balaban J connectivity index is 1.91. The highest BCUT2D eigenvalue weighted by molar-refractivity contribution is 5.60. The third-order valence-electron chi connectivity index (χ3n) is 4.07. The molecule has 5 heteroatoms. The normalized spacial score (nSPS) is 15.9. The Bertz CT molecular complexity index is 483. The smallest absolute Gasteiger partial charge is 0.143 e. The van der Waals surface area contributed by atoms with E-state index in [9.17, 15) is 0 Å². The van der Waals surface area contributed by atoms with Crippen molar-refractivity contribution in [3.8, 4) is 5.75 Å². The SMILES string of the molecule is COCCN(CCOC)CCc1ccc2c(c1)NCC(C)(C)O2. The number of nitrogens with zero attached hydrogens (tertiary/aromatic N) is 1. The molecular weight excluding hydrogens is 292 g/mol. The Labute approximate surface area is 139 Å². The van der Waals surface area contributed by atoms with E-state index < -0.39 is 0 Å². The summed E-state index contributed by atoms with van der Waals surface area (Å²) >= 11 is 0. The molecule has 1 aliphatic heterocycles. The number of fused-ring (bicyclic) bond motifs is 1. The average molecular weight is 322 g/mol. The fourth-order valence-corrected chi connectivity index (χ4v) is 2.67. The van der Waals surface area contributed by atoms with Crippen molar-refractivity contribution >= 4 is 5.69 Å². The van der Waals surface area contributed by atoms with Crippen LogP contribution in [0.2, 0.25) is 0 Å². The van der Waals surface area contributed by atoms with Gasteiger partial charge in [-0.2, -0.15) is 0 Å². The maximum Gasteiger partial charge on any atom is 0.143 e. The molecule has 1 aliphatic rings. The molecule has 0 aromatic heterocycles. The number of rotatable bonds is 9. The van der Waals surface area contributed by atoms with Crippen LogP contribution in [0.15, 0.2) is 18.2 Å². The molecule has 0 aliphatic carbocycles. The topological polar surface area (TPSA) is 43.0 Å². The molecule has 0 saturated heterocycles. The molecule has 23 heavy (non-hydrogen) atoms. The van der Waals surface area contributed by atoms with E-state index in [0.29, 0.717) is 0 Å². The maximum absolute atomic E-state index is 6.00. The lowest BCUT2D eigenvalue weighted by Gasteiger charge is -2.33. The van der Waals surface area contributed by atoms with Crippen LogP contribution in [0.4, 0.5) is 5.69 Å². The Hall–Kier alpha value is -1.30. The second-order valence-electron chi connectivity index (χ2n) is 6.62. The number of benzene rings is 1. The highest BCUT2D eigenvalue weighted by Gasteiger charge is 2.26. The average Bonchev–Trinajstić information content (AvgIpc) is 2.53. The second kappa shape index (κ2) is 8.52. The van der Waals surface area contributed by atoms with Crippen LogP contribution >= 0.6 is 0 Å². The Morgan fingerprint density at radius 1 is 1.13 bits per heavy atom. The van der Waals surface area contributed by atoms with Gasteiger partial charge >= 0.3 is 0 Å². The lowest BCUT2D eigenvalue weighted by Crippen LogP contribution is -2.40. The van der Waals surface area contributed by atoms with Crippen molar-refractivity contribution in [2.75, 3.05) is 58.9 Å². The van der Waals surface area contributed by atoms with Crippen LogP contribution in [0, 0.1) is 0 Å². The molecule has 2 rings (SSSR count). The molecule has 0 amide bonds. The molecule has 1 heterocycles. The molecular formula is C18H30N2O3. The molecule has 5 nitrogen and oxygen atoms in total. The van der Waals surface area contributed by atoms with Gasteiger partial charge in [0.1, 0.15) is 11.4 Å². The standard InChI is InChI=1S/C18H30N2O3/c1-18(2)14-19-16-13-15(5-6-17(16)23-18)7-8-20(9-11-21-3)10-12-22-4/h5-6,13,19H,7-12,14H2,1-4H3. The van der Waals surface area contributed by atoms with Crippen molar-refractivity contribution < 1.29 is 14.2 Å². The minimum absolute atomic E-state index is 0.147. The van der Waals surface area contributed by atoms with Gasteiger partial charge in [0.2, 0.25) is 0 Å². The summed E-state index contributed by atoms with van der Waals surface area (Å²) in [7, 11) is 3.48. The van der Waals surface area contributed by atoms with Crippen molar-refractivity contribution in [2.24, 2.45) is 0 Å². The molecule has 0 fully saturated rings. The molecule has 1 N–H and O–H groups in total. The molecule has 1 aromatic rings. The van der Waals surface area contributed by atoms with Crippen LogP contribution in [0.5, 0.6) is 5.75 Å². The van der Waals surface area contributed by atoms with Crippen molar-refractivity contribution in [3.05, 3.63) is 23.8 Å². The minimum Gasteiger partial charge on any atom is -0.484 e. The monoisotopic (exact) mass is 322 g/mol.